The largest absolute Gasteiger partial charge is 0.381 e. The van der Waals surface area contributed by atoms with Crippen LogP contribution >= 0.6 is 0 Å². The Morgan fingerprint density at radius 3 is 2.43 bits per heavy atom. The number of hydrogen-bond acceptors (Lipinski definition) is 2. The fraction of sp³-hybridized carbons (Fsp3) is 0.278. The number of hydrogen-bond donors (Lipinski definition) is 2. The molecule has 1 amide bonds. The van der Waals surface area contributed by atoms with Gasteiger partial charge in [0.1, 0.15) is 0 Å². The lowest BCUT2D eigenvalue weighted by Gasteiger charge is -2.13. The Morgan fingerprint density at radius 2 is 1.71 bits per heavy atom. The molecule has 2 aromatic carbocycles. The zero-order valence-corrected chi connectivity index (χ0v) is 13.1. The molecule has 0 radical (unpaired) electrons. The van der Waals surface area contributed by atoms with Crippen molar-refractivity contribution in [2.45, 2.75) is 34.2 Å². The van der Waals surface area contributed by atoms with Crippen molar-refractivity contribution >= 4 is 17.3 Å². The lowest BCUT2D eigenvalue weighted by atomic mass is 10.1. The highest BCUT2D eigenvalue weighted by atomic mass is 16.1. The van der Waals surface area contributed by atoms with Gasteiger partial charge in [-0.3, -0.25) is 4.79 Å². The van der Waals surface area contributed by atoms with E-state index in [0.717, 1.165) is 23.5 Å². The SMILES string of the molecule is CC(=O)Nc1cc(NCc2cc(C)ccc2C)ccc1C. The zero-order chi connectivity index (χ0) is 15.4. The molecule has 0 bridgehead atoms. The van der Waals surface area contributed by atoms with Gasteiger partial charge in [0.15, 0.2) is 0 Å². The summed E-state index contributed by atoms with van der Waals surface area (Å²) in [6, 6.07) is 12.5. The number of carbonyl (C=O) groups is 1. The molecule has 21 heavy (non-hydrogen) atoms. The minimum atomic E-state index is -0.0511. The second-order valence-electron chi connectivity index (χ2n) is 5.49. The van der Waals surface area contributed by atoms with Crippen LogP contribution in [-0.4, -0.2) is 5.91 Å². The van der Waals surface area contributed by atoms with Gasteiger partial charge in [-0.15, -0.1) is 0 Å². The van der Waals surface area contributed by atoms with E-state index in [1.165, 1.54) is 23.6 Å². The molecule has 0 saturated carbocycles. The van der Waals surface area contributed by atoms with Crippen LogP contribution in [-0.2, 0) is 11.3 Å². The third-order valence-corrected chi connectivity index (χ3v) is 3.54. The van der Waals surface area contributed by atoms with Crippen molar-refractivity contribution < 1.29 is 4.79 Å². The molecule has 2 N–H and O–H groups in total. The Morgan fingerprint density at radius 1 is 1.00 bits per heavy atom. The van der Waals surface area contributed by atoms with Crippen molar-refractivity contribution in [3.05, 3.63) is 58.7 Å². The monoisotopic (exact) mass is 282 g/mol. The number of aryl methyl sites for hydroxylation is 3. The predicted molar refractivity (Wildman–Crippen MR) is 88.7 cm³/mol. The van der Waals surface area contributed by atoms with E-state index >= 15 is 0 Å². The molecule has 2 rings (SSSR count). The quantitative estimate of drug-likeness (QED) is 0.883. The topological polar surface area (TPSA) is 41.1 Å². The van der Waals surface area contributed by atoms with E-state index in [0.29, 0.717) is 0 Å². The van der Waals surface area contributed by atoms with Crippen molar-refractivity contribution in [3.63, 3.8) is 0 Å². The number of rotatable bonds is 4. The van der Waals surface area contributed by atoms with Crippen LogP contribution in [0.25, 0.3) is 0 Å². The molecule has 0 aliphatic rings. The number of carbonyl (C=O) groups excluding carboxylic acids is 1. The van der Waals surface area contributed by atoms with E-state index in [9.17, 15) is 4.79 Å². The minimum Gasteiger partial charge on any atom is -0.381 e. The summed E-state index contributed by atoms with van der Waals surface area (Å²) in [5.74, 6) is -0.0511. The summed E-state index contributed by atoms with van der Waals surface area (Å²) in [6.07, 6.45) is 0. The third-order valence-electron chi connectivity index (χ3n) is 3.54. The molecule has 0 spiro atoms. The van der Waals surface area contributed by atoms with Crippen LogP contribution < -0.4 is 10.6 Å². The van der Waals surface area contributed by atoms with Crippen LogP contribution in [0, 0.1) is 20.8 Å². The number of nitrogens with one attached hydrogen (secondary N) is 2. The zero-order valence-electron chi connectivity index (χ0n) is 13.1. The van der Waals surface area contributed by atoms with Crippen LogP contribution in [0.4, 0.5) is 11.4 Å². The van der Waals surface area contributed by atoms with Crippen molar-refractivity contribution in [3.8, 4) is 0 Å². The minimum absolute atomic E-state index is 0.0511. The lowest BCUT2D eigenvalue weighted by Crippen LogP contribution is -2.08. The summed E-state index contributed by atoms with van der Waals surface area (Å²) in [4.78, 5) is 11.2. The maximum Gasteiger partial charge on any atom is 0.221 e. The molecule has 0 saturated heterocycles. The van der Waals surface area contributed by atoms with Gasteiger partial charge < -0.3 is 10.6 Å². The first kappa shape index (κ1) is 15.1. The lowest BCUT2D eigenvalue weighted by molar-refractivity contribution is -0.114. The first-order valence-corrected chi connectivity index (χ1v) is 7.14. The highest BCUT2D eigenvalue weighted by Crippen LogP contribution is 2.21. The molecular formula is C18H22N2O. The predicted octanol–water partition coefficient (Wildman–Crippen LogP) is 4.18. The van der Waals surface area contributed by atoms with Gasteiger partial charge in [-0.2, -0.15) is 0 Å². The van der Waals surface area contributed by atoms with E-state index in [-0.39, 0.29) is 5.91 Å². The van der Waals surface area contributed by atoms with Crippen molar-refractivity contribution in [1.82, 2.24) is 0 Å². The van der Waals surface area contributed by atoms with Crippen molar-refractivity contribution in [2.24, 2.45) is 0 Å². The maximum absolute atomic E-state index is 11.2. The van der Waals surface area contributed by atoms with E-state index in [4.69, 9.17) is 0 Å². The van der Waals surface area contributed by atoms with Gasteiger partial charge in [-0.05, 0) is 49.6 Å². The Hall–Kier alpha value is -2.29. The smallest absolute Gasteiger partial charge is 0.221 e. The molecule has 0 aliphatic heterocycles. The van der Waals surface area contributed by atoms with E-state index in [2.05, 4.69) is 42.7 Å². The molecule has 0 aromatic heterocycles. The summed E-state index contributed by atoms with van der Waals surface area (Å²) >= 11 is 0. The van der Waals surface area contributed by atoms with Gasteiger partial charge >= 0.3 is 0 Å². The number of anilines is 2. The summed E-state index contributed by atoms with van der Waals surface area (Å²) in [5.41, 5.74) is 6.75. The van der Waals surface area contributed by atoms with Gasteiger partial charge in [0, 0.05) is 24.8 Å². The second kappa shape index (κ2) is 6.44. The molecule has 2 aromatic rings. The highest BCUT2D eigenvalue weighted by molar-refractivity contribution is 5.90. The molecule has 110 valence electrons. The van der Waals surface area contributed by atoms with Gasteiger partial charge in [0.25, 0.3) is 0 Å². The molecule has 0 atom stereocenters. The number of amides is 1. The number of benzene rings is 2. The first-order valence-electron chi connectivity index (χ1n) is 7.14. The molecule has 3 heteroatoms. The molecular weight excluding hydrogens is 260 g/mol. The summed E-state index contributed by atoms with van der Waals surface area (Å²) in [5, 5.41) is 6.27. The first-order chi connectivity index (χ1) is 9.95. The van der Waals surface area contributed by atoms with Crippen LogP contribution in [0.1, 0.15) is 29.2 Å². The second-order valence-corrected chi connectivity index (χ2v) is 5.49. The molecule has 0 aliphatic carbocycles. The van der Waals surface area contributed by atoms with Gasteiger partial charge in [0.2, 0.25) is 5.91 Å². The Labute approximate surface area is 126 Å². The maximum atomic E-state index is 11.2. The van der Waals surface area contributed by atoms with Crippen LogP contribution in [0.3, 0.4) is 0 Å². The van der Waals surface area contributed by atoms with Crippen molar-refractivity contribution in [2.75, 3.05) is 10.6 Å². The summed E-state index contributed by atoms with van der Waals surface area (Å²) in [6.45, 7) is 8.50. The van der Waals surface area contributed by atoms with E-state index in [1.807, 2.05) is 25.1 Å². The highest BCUT2D eigenvalue weighted by Gasteiger charge is 2.03. The molecule has 0 heterocycles. The Balaban J connectivity index is 2.13. The molecule has 0 unspecified atom stereocenters. The normalized spacial score (nSPS) is 10.3. The van der Waals surface area contributed by atoms with Gasteiger partial charge in [0.05, 0.1) is 0 Å². The molecule has 3 nitrogen and oxygen atoms in total. The summed E-state index contributed by atoms with van der Waals surface area (Å²) < 4.78 is 0. The van der Waals surface area contributed by atoms with Gasteiger partial charge in [-0.1, -0.05) is 29.8 Å². The van der Waals surface area contributed by atoms with Gasteiger partial charge in [-0.25, -0.2) is 0 Å². The average molecular weight is 282 g/mol. The fourth-order valence-electron chi connectivity index (χ4n) is 2.24. The fourth-order valence-corrected chi connectivity index (χ4v) is 2.24. The van der Waals surface area contributed by atoms with Crippen LogP contribution in [0.2, 0.25) is 0 Å². The summed E-state index contributed by atoms with van der Waals surface area (Å²) in [7, 11) is 0. The molecule has 0 fully saturated rings. The van der Waals surface area contributed by atoms with Crippen LogP contribution in [0.5, 0.6) is 0 Å². The Bertz CT molecular complexity index is 662. The Kier molecular flexibility index (Phi) is 4.63. The third kappa shape index (κ3) is 4.09. The average Bonchev–Trinajstić information content (AvgIpc) is 2.42. The van der Waals surface area contributed by atoms with E-state index < -0.39 is 0 Å². The standard InChI is InChI=1S/C18H22N2O/c1-12-5-6-13(2)16(9-12)11-19-17-8-7-14(3)18(10-17)20-15(4)21/h5-10,19H,11H2,1-4H3,(H,20,21). The van der Waals surface area contributed by atoms with E-state index in [1.54, 1.807) is 0 Å². The van der Waals surface area contributed by atoms with Crippen LogP contribution in [0.15, 0.2) is 36.4 Å². The van der Waals surface area contributed by atoms with Crippen molar-refractivity contribution in [1.29, 1.82) is 0 Å².